The van der Waals surface area contributed by atoms with Crippen LogP contribution < -0.4 is 15.2 Å². The van der Waals surface area contributed by atoms with E-state index in [1.807, 2.05) is 0 Å². The van der Waals surface area contributed by atoms with Gasteiger partial charge < -0.3 is 20.3 Å². The first-order chi connectivity index (χ1) is 10.0. The van der Waals surface area contributed by atoms with E-state index >= 15 is 0 Å². The molecule has 0 radical (unpaired) electrons. The summed E-state index contributed by atoms with van der Waals surface area (Å²) in [6, 6.07) is 7.36. The molecule has 108 valence electrons. The van der Waals surface area contributed by atoms with Gasteiger partial charge >= 0.3 is 5.97 Å². The van der Waals surface area contributed by atoms with Gasteiger partial charge in [0.25, 0.3) is 5.91 Å². The summed E-state index contributed by atoms with van der Waals surface area (Å²) >= 11 is 0. The van der Waals surface area contributed by atoms with Crippen molar-refractivity contribution in [2.24, 2.45) is 5.73 Å². The molecule has 2 rings (SSSR count). The molecule has 0 spiro atoms. The summed E-state index contributed by atoms with van der Waals surface area (Å²) in [5.74, 6) is -1.85. The number of pyridine rings is 1. The summed E-state index contributed by atoms with van der Waals surface area (Å²) in [6.45, 7) is 0. The summed E-state index contributed by atoms with van der Waals surface area (Å²) in [6.07, 6.45) is 1.40. The number of nitrogens with zero attached hydrogens (tertiary/aromatic N) is 1. The molecule has 0 saturated carbocycles. The topological polar surface area (TPSA) is 112 Å². The summed E-state index contributed by atoms with van der Waals surface area (Å²) < 4.78 is 10.5. The number of para-hydroxylation sites is 1. The highest BCUT2D eigenvalue weighted by Crippen LogP contribution is 2.35. The first-order valence-corrected chi connectivity index (χ1v) is 5.87. The van der Waals surface area contributed by atoms with Crippen molar-refractivity contribution in [2.45, 2.75) is 0 Å². The molecule has 7 nitrogen and oxygen atoms in total. The number of primary amides is 1. The van der Waals surface area contributed by atoms with E-state index in [1.165, 1.54) is 43.6 Å². The maximum absolute atomic E-state index is 11.3. The van der Waals surface area contributed by atoms with E-state index in [2.05, 4.69) is 4.98 Å². The average Bonchev–Trinajstić information content (AvgIpc) is 2.47. The zero-order valence-electron chi connectivity index (χ0n) is 11.1. The van der Waals surface area contributed by atoms with Gasteiger partial charge in [-0.2, -0.15) is 0 Å². The fourth-order valence-corrected chi connectivity index (χ4v) is 1.71. The van der Waals surface area contributed by atoms with Crippen LogP contribution in [0, 0.1) is 0 Å². The van der Waals surface area contributed by atoms with Gasteiger partial charge in [-0.15, -0.1) is 0 Å². The highest BCUT2D eigenvalue weighted by Gasteiger charge is 2.20. The molecule has 0 atom stereocenters. The molecule has 1 aromatic carbocycles. The molecule has 0 fully saturated rings. The monoisotopic (exact) mass is 288 g/mol. The molecule has 7 heteroatoms. The predicted molar refractivity (Wildman–Crippen MR) is 72.8 cm³/mol. The fraction of sp³-hybridized carbons (Fsp3) is 0.0714. The summed E-state index contributed by atoms with van der Waals surface area (Å²) in [7, 11) is 1.38. The number of nitrogens with two attached hydrogens (primary N) is 1. The number of carbonyl (C=O) groups is 2. The van der Waals surface area contributed by atoms with Gasteiger partial charge in [0.15, 0.2) is 11.5 Å². The third-order valence-electron chi connectivity index (χ3n) is 2.66. The van der Waals surface area contributed by atoms with E-state index in [0.29, 0.717) is 0 Å². The predicted octanol–water partition coefficient (Wildman–Crippen LogP) is 1.68. The number of aromatic nitrogens is 1. The summed E-state index contributed by atoms with van der Waals surface area (Å²) in [5.41, 5.74) is 5.16. The Kier molecular flexibility index (Phi) is 4.03. The molecule has 0 saturated heterocycles. The number of carboxylic acid groups (broad SMARTS) is 1. The molecule has 0 aliphatic heterocycles. The van der Waals surface area contributed by atoms with Crippen molar-refractivity contribution in [3.05, 3.63) is 47.7 Å². The maximum atomic E-state index is 11.3. The van der Waals surface area contributed by atoms with E-state index in [1.54, 1.807) is 0 Å². The molecule has 2 aromatic rings. The first kappa shape index (κ1) is 14.3. The van der Waals surface area contributed by atoms with Crippen LogP contribution in [0.4, 0.5) is 0 Å². The third kappa shape index (κ3) is 2.92. The van der Waals surface area contributed by atoms with Crippen LogP contribution in [-0.2, 0) is 0 Å². The van der Waals surface area contributed by atoms with E-state index in [-0.39, 0.29) is 28.5 Å². The van der Waals surface area contributed by atoms with Gasteiger partial charge in [-0.05, 0) is 24.3 Å². The number of carboxylic acids is 1. The standard InChI is InChI=1S/C14H12N2O5/c1-20-10-6-2-4-8(14(18)19)11(10)21-13-9(12(15)17)5-3-7-16-13/h2-7H,1H3,(H2,15,17)(H,18,19). The van der Waals surface area contributed by atoms with Crippen molar-refractivity contribution in [1.82, 2.24) is 4.98 Å². The van der Waals surface area contributed by atoms with Gasteiger partial charge in [0.05, 0.1) is 7.11 Å². The van der Waals surface area contributed by atoms with Crippen molar-refractivity contribution in [2.75, 3.05) is 7.11 Å². The molecule has 0 unspecified atom stereocenters. The Morgan fingerprint density at radius 2 is 1.90 bits per heavy atom. The second-order valence-corrected chi connectivity index (χ2v) is 3.96. The largest absolute Gasteiger partial charge is 0.493 e. The zero-order chi connectivity index (χ0) is 15.4. The van der Waals surface area contributed by atoms with Crippen LogP contribution in [0.3, 0.4) is 0 Å². The Morgan fingerprint density at radius 1 is 1.19 bits per heavy atom. The molecule has 21 heavy (non-hydrogen) atoms. The SMILES string of the molecule is COc1cccc(C(=O)O)c1Oc1ncccc1C(N)=O. The summed E-state index contributed by atoms with van der Waals surface area (Å²) in [5, 5.41) is 9.19. The number of amides is 1. The number of methoxy groups -OCH3 is 1. The lowest BCUT2D eigenvalue weighted by molar-refractivity contribution is 0.0693. The van der Waals surface area contributed by atoms with Crippen LogP contribution in [0.5, 0.6) is 17.4 Å². The first-order valence-electron chi connectivity index (χ1n) is 5.87. The minimum atomic E-state index is -1.19. The molecular weight excluding hydrogens is 276 g/mol. The van der Waals surface area contributed by atoms with Crippen LogP contribution >= 0.6 is 0 Å². The van der Waals surface area contributed by atoms with Crippen molar-refractivity contribution in [1.29, 1.82) is 0 Å². The molecule has 1 amide bonds. The second-order valence-electron chi connectivity index (χ2n) is 3.96. The Morgan fingerprint density at radius 3 is 2.52 bits per heavy atom. The van der Waals surface area contributed by atoms with Gasteiger partial charge in [0.1, 0.15) is 11.1 Å². The molecular formula is C14H12N2O5. The van der Waals surface area contributed by atoms with Crippen molar-refractivity contribution in [3.63, 3.8) is 0 Å². The molecule has 0 aliphatic carbocycles. The van der Waals surface area contributed by atoms with Crippen molar-refractivity contribution in [3.8, 4) is 17.4 Å². The number of hydrogen-bond acceptors (Lipinski definition) is 5. The fourth-order valence-electron chi connectivity index (χ4n) is 1.71. The molecule has 1 aromatic heterocycles. The minimum absolute atomic E-state index is 0.0414. The van der Waals surface area contributed by atoms with Gasteiger partial charge in [0.2, 0.25) is 5.88 Å². The average molecular weight is 288 g/mol. The smallest absolute Gasteiger partial charge is 0.339 e. The van der Waals surface area contributed by atoms with Crippen molar-refractivity contribution >= 4 is 11.9 Å². The van der Waals surface area contributed by atoms with Crippen molar-refractivity contribution < 1.29 is 24.2 Å². The van der Waals surface area contributed by atoms with Crippen LogP contribution in [0.1, 0.15) is 20.7 Å². The van der Waals surface area contributed by atoms with Gasteiger partial charge in [-0.25, -0.2) is 9.78 Å². The lowest BCUT2D eigenvalue weighted by atomic mass is 10.2. The Balaban J connectivity index is 2.54. The van der Waals surface area contributed by atoms with Gasteiger partial charge in [-0.1, -0.05) is 6.07 Å². The number of benzene rings is 1. The van der Waals surface area contributed by atoms with Gasteiger partial charge in [0, 0.05) is 6.20 Å². The Hall–Kier alpha value is -3.09. The van der Waals surface area contributed by atoms with Crippen LogP contribution in [0.2, 0.25) is 0 Å². The molecule has 3 N–H and O–H groups in total. The van der Waals surface area contributed by atoms with Crippen LogP contribution in [-0.4, -0.2) is 29.1 Å². The lowest BCUT2D eigenvalue weighted by Crippen LogP contribution is -2.13. The molecule has 1 heterocycles. The third-order valence-corrected chi connectivity index (χ3v) is 2.66. The lowest BCUT2D eigenvalue weighted by Gasteiger charge is -2.13. The van der Waals surface area contributed by atoms with E-state index < -0.39 is 11.9 Å². The van der Waals surface area contributed by atoms with Crippen LogP contribution in [0.15, 0.2) is 36.5 Å². The normalized spacial score (nSPS) is 9.95. The Bertz CT molecular complexity index is 700. The van der Waals surface area contributed by atoms with E-state index in [9.17, 15) is 14.7 Å². The number of ether oxygens (including phenoxy) is 2. The quantitative estimate of drug-likeness (QED) is 0.865. The van der Waals surface area contributed by atoms with E-state index in [0.717, 1.165) is 0 Å². The second kappa shape index (κ2) is 5.91. The summed E-state index contributed by atoms with van der Waals surface area (Å²) in [4.78, 5) is 26.5. The highest BCUT2D eigenvalue weighted by molar-refractivity contribution is 5.95. The number of aromatic carboxylic acids is 1. The number of rotatable bonds is 5. The Labute approximate surface area is 119 Å². The number of carbonyl (C=O) groups excluding carboxylic acids is 1. The van der Waals surface area contributed by atoms with Crippen LogP contribution in [0.25, 0.3) is 0 Å². The maximum Gasteiger partial charge on any atom is 0.339 e. The zero-order valence-corrected chi connectivity index (χ0v) is 11.1. The van der Waals surface area contributed by atoms with E-state index in [4.69, 9.17) is 15.2 Å². The molecule has 0 bridgehead atoms. The highest BCUT2D eigenvalue weighted by atomic mass is 16.5. The number of hydrogen-bond donors (Lipinski definition) is 2. The minimum Gasteiger partial charge on any atom is -0.493 e. The van der Waals surface area contributed by atoms with Gasteiger partial charge in [-0.3, -0.25) is 4.79 Å². The molecule has 0 aliphatic rings.